The number of thiophene rings is 1. The van der Waals surface area contributed by atoms with Gasteiger partial charge in [-0.2, -0.15) is 0 Å². The second kappa shape index (κ2) is 4.53. The van der Waals surface area contributed by atoms with E-state index < -0.39 is 22.0 Å². The van der Waals surface area contributed by atoms with Gasteiger partial charge in [0.15, 0.2) is 0 Å². The molecular weight excluding hydrogens is 208 g/mol. The number of aliphatic carboxylic acids is 1. The maximum Gasteiger partial charge on any atom is 0.318 e. The molecular formula is C8H10O3S2. The predicted octanol–water partition coefficient (Wildman–Crippen LogP) is 1.47. The monoisotopic (exact) mass is 218 g/mol. The topological polar surface area (TPSA) is 54.4 Å². The molecule has 1 heterocycles. The predicted molar refractivity (Wildman–Crippen MR) is 53.3 cm³/mol. The zero-order valence-electron chi connectivity index (χ0n) is 7.10. The van der Waals surface area contributed by atoms with Crippen LogP contribution in [0.25, 0.3) is 0 Å². The molecule has 0 aromatic carbocycles. The van der Waals surface area contributed by atoms with Crippen molar-refractivity contribution in [3.63, 3.8) is 0 Å². The Morgan fingerprint density at radius 3 is 2.92 bits per heavy atom. The fourth-order valence-electron chi connectivity index (χ4n) is 0.772. The Kier molecular flexibility index (Phi) is 3.62. The average molecular weight is 218 g/mol. The lowest BCUT2D eigenvalue weighted by Crippen LogP contribution is -2.22. The summed E-state index contributed by atoms with van der Waals surface area (Å²) in [5.74, 6) is -0.666. The first-order valence-electron chi connectivity index (χ1n) is 3.73. The largest absolute Gasteiger partial charge is 0.480 e. The molecule has 1 aromatic heterocycles. The number of hydrogen-bond acceptors (Lipinski definition) is 3. The van der Waals surface area contributed by atoms with Gasteiger partial charge >= 0.3 is 5.97 Å². The SMILES string of the molecule is CC(C(=O)O)S(=O)Cc1cccs1. The lowest BCUT2D eigenvalue weighted by atomic mass is 10.5. The molecule has 1 aromatic rings. The van der Waals surface area contributed by atoms with Gasteiger partial charge in [0.05, 0.1) is 5.75 Å². The number of carboxylic acid groups (broad SMARTS) is 1. The molecule has 13 heavy (non-hydrogen) atoms. The zero-order chi connectivity index (χ0) is 9.84. The van der Waals surface area contributed by atoms with E-state index in [1.54, 1.807) is 0 Å². The van der Waals surface area contributed by atoms with Crippen molar-refractivity contribution in [2.45, 2.75) is 17.9 Å². The minimum atomic E-state index is -1.31. The summed E-state index contributed by atoms with van der Waals surface area (Å²) in [6.07, 6.45) is 0. The van der Waals surface area contributed by atoms with Crippen LogP contribution in [0.15, 0.2) is 17.5 Å². The van der Waals surface area contributed by atoms with E-state index in [9.17, 15) is 9.00 Å². The molecule has 0 aliphatic rings. The molecule has 5 heteroatoms. The summed E-state index contributed by atoms with van der Waals surface area (Å²) in [4.78, 5) is 11.4. The first kappa shape index (κ1) is 10.4. The van der Waals surface area contributed by atoms with Crippen molar-refractivity contribution in [1.82, 2.24) is 0 Å². The van der Waals surface area contributed by atoms with Crippen LogP contribution in [0.3, 0.4) is 0 Å². The summed E-state index contributed by atoms with van der Waals surface area (Å²) >= 11 is 1.49. The Balaban J connectivity index is 2.56. The molecule has 0 spiro atoms. The van der Waals surface area contributed by atoms with Crippen LogP contribution < -0.4 is 0 Å². The van der Waals surface area contributed by atoms with Gasteiger partial charge in [-0.1, -0.05) is 6.07 Å². The fraction of sp³-hybridized carbons (Fsp3) is 0.375. The minimum absolute atomic E-state index is 0.338. The van der Waals surface area contributed by atoms with Crippen molar-refractivity contribution in [1.29, 1.82) is 0 Å². The van der Waals surface area contributed by atoms with E-state index in [1.807, 2.05) is 17.5 Å². The molecule has 3 nitrogen and oxygen atoms in total. The maximum atomic E-state index is 11.4. The maximum absolute atomic E-state index is 11.4. The summed E-state index contributed by atoms with van der Waals surface area (Å²) in [5, 5.41) is 9.69. The molecule has 0 radical (unpaired) electrons. The number of carboxylic acids is 1. The Morgan fingerprint density at radius 1 is 1.77 bits per heavy atom. The lowest BCUT2D eigenvalue weighted by molar-refractivity contribution is -0.136. The highest BCUT2D eigenvalue weighted by Gasteiger charge is 2.18. The van der Waals surface area contributed by atoms with Gasteiger partial charge in [-0.15, -0.1) is 11.3 Å². The molecule has 0 bridgehead atoms. The minimum Gasteiger partial charge on any atom is -0.480 e. The van der Waals surface area contributed by atoms with E-state index >= 15 is 0 Å². The number of carbonyl (C=O) groups is 1. The smallest absolute Gasteiger partial charge is 0.318 e. The van der Waals surface area contributed by atoms with Crippen molar-refractivity contribution in [3.05, 3.63) is 22.4 Å². The Labute approximate surface area is 82.9 Å². The van der Waals surface area contributed by atoms with Crippen LogP contribution in [-0.2, 0) is 21.3 Å². The van der Waals surface area contributed by atoms with Crippen molar-refractivity contribution < 1.29 is 14.1 Å². The van der Waals surface area contributed by atoms with Crippen LogP contribution in [0.1, 0.15) is 11.8 Å². The van der Waals surface area contributed by atoms with E-state index in [0.29, 0.717) is 5.75 Å². The lowest BCUT2D eigenvalue weighted by Gasteiger charge is -2.04. The highest BCUT2D eigenvalue weighted by molar-refractivity contribution is 7.85. The van der Waals surface area contributed by atoms with Crippen LogP contribution in [0.5, 0.6) is 0 Å². The third-order valence-corrected chi connectivity index (χ3v) is 4.25. The van der Waals surface area contributed by atoms with Gasteiger partial charge in [-0.05, 0) is 18.4 Å². The Morgan fingerprint density at radius 2 is 2.46 bits per heavy atom. The Bertz CT molecular complexity index is 305. The quantitative estimate of drug-likeness (QED) is 0.832. The van der Waals surface area contributed by atoms with Crippen LogP contribution >= 0.6 is 11.3 Å². The van der Waals surface area contributed by atoms with Crippen LogP contribution in [0.2, 0.25) is 0 Å². The van der Waals surface area contributed by atoms with Gasteiger partial charge in [0.25, 0.3) is 0 Å². The van der Waals surface area contributed by atoms with E-state index in [1.165, 1.54) is 18.3 Å². The van der Waals surface area contributed by atoms with Gasteiger partial charge in [-0.25, -0.2) is 0 Å². The van der Waals surface area contributed by atoms with Gasteiger partial charge in [0.2, 0.25) is 0 Å². The normalized spacial score (nSPS) is 15.2. The average Bonchev–Trinajstić information content (AvgIpc) is 2.55. The molecule has 0 aliphatic heterocycles. The zero-order valence-corrected chi connectivity index (χ0v) is 8.73. The van der Waals surface area contributed by atoms with Crippen molar-refractivity contribution in [3.8, 4) is 0 Å². The molecule has 2 unspecified atom stereocenters. The first-order valence-corrected chi connectivity index (χ1v) is 6.00. The van der Waals surface area contributed by atoms with Gasteiger partial charge in [0.1, 0.15) is 5.25 Å². The second-order valence-electron chi connectivity index (χ2n) is 2.58. The molecule has 0 amide bonds. The van der Waals surface area contributed by atoms with Crippen LogP contribution in [-0.4, -0.2) is 20.5 Å². The number of rotatable bonds is 4. The number of hydrogen-bond donors (Lipinski definition) is 1. The third kappa shape index (κ3) is 2.93. The molecule has 72 valence electrons. The molecule has 0 saturated heterocycles. The third-order valence-electron chi connectivity index (χ3n) is 1.61. The molecule has 2 atom stereocenters. The second-order valence-corrected chi connectivity index (χ2v) is 5.37. The van der Waals surface area contributed by atoms with Crippen molar-refractivity contribution >= 4 is 28.1 Å². The summed E-state index contributed by atoms with van der Waals surface area (Å²) in [6, 6.07) is 3.72. The standard InChI is InChI=1S/C8H10O3S2/c1-6(8(9)10)13(11)5-7-3-2-4-12-7/h2-4,6H,5H2,1H3,(H,9,10). The van der Waals surface area contributed by atoms with Crippen LogP contribution in [0, 0.1) is 0 Å². The molecule has 0 aliphatic carbocycles. The highest BCUT2D eigenvalue weighted by atomic mass is 32.2. The van der Waals surface area contributed by atoms with E-state index in [4.69, 9.17) is 5.11 Å². The van der Waals surface area contributed by atoms with Gasteiger partial charge in [-0.3, -0.25) is 9.00 Å². The van der Waals surface area contributed by atoms with E-state index in [2.05, 4.69) is 0 Å². The highest BCUT2D eigenvalue weighted by Crippen LogP contribution is 2.13. The van der Waals surface area contributed by atoms with Gasteiger partial charge < -0.3 is 5.11 Å². The van der Waals surface area contributed by atoms with E-state index in [0.717, 1.165) is 4.88 Å². The Hall–Kier alpha value is -0.680. The first-order chi connectivity index (χ1) is 6.11. The fourth-order valence-corrected chi connectivity index (χ4v) is 2.73. The molecule has 0 saturated carbocycles. The molecule has 1 N–H and O–H groups in total. The van der Waals surface area contributed by atoms with Gasteiger partial charge in [0, 0.05) is 15.7 Å². The molecule has 0 fully saturated rings. The molecule has 1 rings (SSSR count). The van der Waals surface area contributed by atoms with Crippen molar-refractivity contribution in [2.75, 3.05) is 0 Å². The summed E-state index contributed by atoms with van der Waals surface area (Å²) in [6.45, 7) is 1.46. The summed E-state index contributed by atoms with van der Waals surface area (Å²) in [5.41, 5.74) is 0. The van der Waals surface area contributed by atoms with E-state index in [-0.39, 0.29) is 0 Å². The van der Waals surface area contributed by atoms with Crippen LogP contribution in [0.4, 0.5) is 0 Å². The summed E-state index contributed by atoms with van der Waals surface area (Å²) in [7, 11) is -1.31. The summed E-state index contributed by atoms with van der Waals surface area (Å²) < 4.78 is 11.4. The van der Waals surface area contributed by atoms with Crippen molar-refractivity contribution in [2.24, 2.45) is 0 Å².